The molecule has 0 aliphatic heterocycles. The Bertz CT molecular complexity index is 1120. The summed E-state index contributed by atoms with van der Waals surface area (Å²) in [6, 6.07) is 10.9. The summed E-state index contributed by atoms with van der Waals surface area (Å²) >= 11 is 1.88. The quantitative estimate of drug-likeness (QED) is 0.295. The SMILES string of the molecule is CCOC(=O)c1cc(-c2ccccc2)sc1NC(=O)[C@H](C)Sc1nnc(C(F)(F)F)n1N. The minimum absolute atomic E-state index is 0.155. The first kappa shape index (κ1) is 23.6. The first-order chi connectivity index (χ1) is 15.1. The molecule has 0 spiro atoms. The van der Waals surface area contributed by atoms with E-state index in [2.05, 4.69) is 15.5 Å². The number of amides is 1. The molecular formula is C19H18F3N5O3S2. The zero-order chi connectivity index (χ0) is 23.5. The number of benzene rings is 1. The topological polar surface area (TPSA) is 112 Å². The second kappa shape index (κ2) is 9.61. The van der Waals surface area contributed by atoms with Gasteiger partial charge in [0.1, 0.15) is 5.00 Å². The van der Waals surface area contributed by atoms with E-state index in [1.807, 2.05) is 30.3 Å². The van der Waals surface area contributed by atoms with Gasteiger partial charge in [-0.25, -0.2) is 9.47 Å². The van der Waals surface area contributed by atoms with Crippen molar-refractivity contribution in [1.29, 1.82) is 0 Å². The number of hydrogen-bond donors (Lipinski definition) is 2. The fourth-order valence-corrected chi connectivity index (χ4v) is 4.39. The molecule has 0 saturated carbocycles. The molecule has 0 unspecified atom stereocenters. The highest BCUT2D eigenvalue weighted by Crippen LogP contribution is 2.37. The predicted octanol–water partition coefficient (Wildman–Crippen LogP) is 4.04. The molecular weight excluding hydrogens is 467 g/mol. The Morgan fingerprint density at radius 1 is 1.28 bits per heavy atom. The maximum Gasteiger partial charge on any atom is 0.453 e. The van der Waals surface area contributed by atoms with E-state index in [0.29, 0.717) is 11.8 Å². The number of hydrogen-bond acceptors (Lipinski definition) is 8. The van der Waals surface area contributed by atoms with Crippen LogP contribution in [0.1, 0.15) is 30.0 Å². The number of esters is 1. The third-order valence-corrected chi connectivity index (χ3v) is 6.25. The Labute approximate surface area is 188 Å². The molecule has 8 nitrogen and oxygen atoms in total. The van der Waals surface area contributed by atoms with Crippen LogP contribution >= 0.6 is 23.1 Å². The molecule has 170 valence electrons. The summed E-state index contributed by atoms with van der Waals surface area (Å²) in [4.78, 5) is 25.8. The van der Waals surface area contributed by atoms with Crippen LogP contribution in [0.15, 0.2) is 41.6 Å². The summed E-state index contributed by atoms with van der Waals surface area (Å²) in [6.07, 6.45) is -4.77. The van der Waals surface area contributed by atoms with Gasteiger partial charge in [0.05, 0.1) is 17.4 Å². The molecule has 0 saturated heterocycles. The fourth-order valence-electron chi connectivity index (χ4n) is 2.56. The monoisotopic (exact) mass is 485 g/mol. The van der Waals surface area contributed by atoms with Crippen LogP contribution in [0.5, 0.6) is 0 Å². The van der Waals surface area contributed by atoms with E-state index in [4.69, 9.17) is 10.6 Å². The molecule has 3 aromatic rings. The summed E-state index contributed by atoms with van der Waals surface area (Å²) in [7, 11) is 0. The molecule has 1 aromatic carbocycles. The van der Waals surface area contributed by atoms with Gasteiger partial charge < -0.3 is 15.9 Å². The third kappa shape index (κ3) is 5.22. The van der Waals surface area contributed by atoms with Crippen molar-refractivity contribution in [3.05, 3.63) is 47.8 Å². The standard InChI is InChI=1S/C19H18F3N5O3S2/c1-3-30-16(29)12-9-13(11-7-5-4-6-8-11)32-15(12)24-14(28)10(2)31-18-26-25-17(27(18)23)19(20,21)22/h4-10H,3,23H2,1-2H3,(H,24,28)/t10-/m0/s1. The summed E-state index contributed by atoms with van der Waals surface area (Å²) in [6.45, 7) is 3.29. The molecule has 1 atom stereocenters. The van der Waals surface area contributed by atoms with Crippen molar-refractivity contribution >= 4 is 40.0 Å². The van der Waals surface area contributed by atoms with Crippen LogP contribution in [-0.2, 0) is 15.7 Å². The molecule has 13 heteroatoms. The van der Waals surface area contributed by atoms with Crippen molar-refractivity contribution in [2.24, 2.45) is 0 Å². The van der Waals surface area contributed by atoms with E-state index < -0.39 is 29.1 Å². The van der Waals surface area contributed by atoms with E-state index in [-0.39, 0.29) is 27.0 Å². The van der Waals surface area contributed by atoms with Gasteiger partial charge in [-0.3, -0.25) is 4.79 Å². The summed E-state index contributed by atoms with van der Waals surface area (Å²) < 4.78 is 43.9. The smallest absolute Gasteiger partial charge is 0.453 e. The van der Waals surface area contributed by atoms with Gasteiger partial charge in [-0.15, -0.1) is 21.5 Å². The van der Waals surface area contributed by atoms with Crippen molar-refractivity contribution in [2.75, 3.05) is 17.8 Å². The number of thioether (sulfide) groups is 1. The molecule has 32 heavy (non-hydrogen) atoms. The predicted molar refractivity (Wildman–Crippen MR) is 115 cm³/mol. The van der Waals surface area contributed by atoms with Gasteiger partial charge in [0.25, 0.3) is 5.82 Å². The number of alkyl halides is 3. The van der Waals surface area contributed by atoms with Gasteiger partial charge >= 0.3 is 12.1 Å². The molecule has 0 aliphatic rings. The number of thiophene rings is 1. The van der Waals surface area contributed by atoms with E-state index in [1.54, 1.807) is 13.0 Å². The first-order valence-electron chi connectivity index (χ1n) is 9.23. The van der Waals surface area contributed by atoms with Crippen LogP contribution < -0.4 is 11.2 Å². The maximum atomic E-state index is 12.8. The Kier molecular flexibility index (Phi) is 7.09. The third-order valence-electron chi connectivity index (χ3n) is 4.09. The van der Waals surface area contributed by atoms with Gasteiger partial charge in [-0.05, 0) is 25.5 Å². The normalized spacial score (nSPS) is 12.4. The van der Waals surface area contributed by atoms with Crippen LogP contribution in [0.25, 0.3) is 10.4 Å². The molecule has 0 radical (unpaired) electrons. The molecule has 2 aromatic heterocycles. The van der Waals surface area contributed by atoms with Gasteiger partial charge in [0, 0.05) is 4.88 Å². The molecule has 0 fully saturated rings. The van der Waals surface area contributed by atoms with Gasteiger partial charge in [-0.1, -0.05) is 42.1 Å². The molecule has 2 heterocycles. The van der Waals surface area contributed by atoms with E-state index in [1.165, 1.54) is 18.3 Å². The highest BCUT2D eigenvalue weighted by molar-refractivity contribution is 8.00. The van der Waals surface area contributed by atoms with Crippen LogP contribution in [-0.4, -0.2) is 38.6 Å². The van der Waals surface area contributed by atoms with Crippen LogP contribution in [0.2, 0.25) is 0 Å². The lowest BCUT2D eigenvalue weighted by atomic mass is 10.1. The number of ether oxygens (including phenoxy) is 1. The van der Waals surface area contributed by atoms with Crippen LogP contribution in [0.4, 0.5) is 18.2 Å². The molecule has 1 amide bonds. The number of aromatic nitrogens is 3. The number of carbonyl (C=O) groups is 2. The van der Waals surface area contributed by atoms with Crippen molar-refractivity contribution in [3.8, 4) is 10.4 Å². The van der Waals surface area contributed by atoms with Crippen molar-refractivity contribution < 1.29 is 27.5 Å². The highest BCUT2D eigenvalue weighted by atomic mass is 32.2. The Balaban J connectivity index is 1.81. The van der Waals surface area contributed by atoms with Crippen molar-refractivity contribution in [1.82, 2.24) is 14.9 Å². The minimum atomic E-state index is -4.77. The average Bonchev–Trinajstić information content (AvgIpc) is 3.32. The zero-order valence-corrected chi connectivity index (χ0v) is 18.5. The Morgan fingerprint density at radius 2 is 1.97 bits per heavy atom. The number of nitrogen functional groups attached to an aromatic ring is 1. The number of nitrogens with one attached hydrogen (secondary N) is 1. The average molecular weight is 486 g/mol. The summed E-state index contributed by atoms with van der Waals surface area (Å²) in [5.41, 5.74) is 1.03. The Hall–Kier alpha value is -3.06. The van der Waals surface area contributed by atoms with Gasteiger partial charge in [0.15, 0.2) is 0 Å². The van der Waals surface area contributed by atoms with Gasteiger partial charge in [-0.2, -0.15) is 13.2 Å². The van der Waals surface area contributed by atoms with E-state index >= 15 is 0 Å². The number of rotatable bonds is 7. The number of nitrogens with zero attached hydrogens (tertiary/aromatic N) is 3. The second-order valence-electron chi connectivity index (χ2n) is 6.36. The summed E-state index contributed by atoms with van der Waals surface area (Å²) in [5, 5.41) is 8.19. The van der Waals surface area contributed by atoms with E-state index in [0.717, 1.165) is 10.4 Å². The number of halogens is 3. The summed E-state index contributed by atoms with van der Waals surface area (Å²) in [5.74, 6) is 2.89. The second-order valence-corrected chi connectivity index (χ2v) is 8.72. The van der Waals surface area contributed by atoms with Crippen molar-refractivity contribution in [2.45, 2.75) is 30.4 Å². The largest absolute Gasteiger partial charge is 0.462 e. The zero-order valence-electron chi connectivity index (χ0n) is 16.8. The highest BCUT2D eigenvalue weighted by Gasteiger charge is 2.38. The minimum Gasteiger partial charge on any atom is -0.462 e. The van der Waals surface area contributed by atoms with E-state index in [9.17, 15) is 22.8 Å². The fraction of sp³-hybridized carbons (Fsp3) is 0.263. The molecule has 0 bridgehead atoms. The number of anilines is 1. The van der Waals surface area contributed by atoms with Crippen molar-refractivity contribution in [3.63, 3.8) is 0 Å². The molecule has 0 aliphatic carbocycles. The van der Waals surface area contributed by atoms with Crippen LogP contribution in [0.3, 0.4) is 0 Å². The lowest BCUT2D eigenvalue weighted by Crippen LogP contribution is -2.25. The first-order valence-corrected chi connectivity index (χ1v) is 10.9. The molecule has 3 rings (SSSR count). The lowest BCUT2D eigenvalue weighted by Gasteiger charge is -2.12. The number of carbonyl (C=O) groups excluding carboxylic acids is 2. The van der Waals surface area contributed by atoms with Gasteiger partial charge in [0.2, 0.25) is 11.1 Å². The number of nitrogens with two attached hydrogens (primary N) is 1. The Morgan fingerprint density at radius 3 is 2.56 bits per heavy atom. The maximum absolute atomic E-state index is 12.8. The molecule has 3 N–H and O–H groups in total. The lowest BCUT2D eigenvalue weighted by molar-refractivity contribution is -0.146. The van der Waals surface area contributed by atoms with Crippen LogP contribution in [0, 0.1) is 0 Å².